The molecule has 2 aromatic heterocycles. The number of methoxy groups -OCH3 is 1. The first-order valence-corrected chi connectivity index (χ1v) is 10.3. The van der Waals surface area contributed by atoms with Gasteiger partial charge in [0.05, 0.1) is 35.6 Å². The number of aromatic amines is 1. The summed E-state index contributed by atoms with van der Waals surface area (Å²) in [5.41, 5.74) is 1.86. The predicted octanol–water partition coefficient (Wildman–Crippen LogP) is 6.70. The van der Waals surface area contributed by atoms with E-state index in [1.165, 1.54) is 17.8 Å². The number of aromatic nitrogens is 3. The first-order chi connectivity index (χ1) is 14.9. The second-order valence-corrected chi connectivity index (χ2v) is 7.63. The molecular formula is C22H20Cl2F3N3O2S. The number of rotatable bonds is 7. The summed E-state index contributed by atoms with van der Waals surface area (Å²) < 4.78 is 49.9. The number of thioether (sulfide) groups is 1. The van der Waals surface area contributed by atoms with Crippen molar-refractivity contribution in [2.45, 2.75) is 23.7 Å². The van der Waals surface area contributed by atoms with Gasteiger partial charge < -0.3 is 14.5 Å². The molecule has 0 atom stereocenters. The van der Waals surface area contributed by atoms with Crippen molar-refractivity contribution in [3.05, 3.63) is 77.6 Å². The van der Waals surface area contributed by atoms with Gasteiger partial charge in [0.2, 0.25) is 0 Å². The average molecular weight is 518 g/mol. The molecule has 2 aromatic carbocycles. The Morgan fingerprint density at radius 2 is 1.76 bits per heavy atom. The van der Waals surface area contributed by atoms with Crippen LogP contribution in [0.15, 0.2) is 66.0 Å². The molecule has 0 unspecified atom stereocenters. The summed E-state index contributed by atoms with van der Waals surface area (Å²) in [5.74, 6) is 1.55. The van der Waals surface area contributed by atoms with E-state index < -0.39 is 11.7 Å². The molecule has 5 nitrogen and oxygen atoms in total. The molecule has 0 aliphatic heterocycles. The first kappa shape index (κ1) is 26.6. The highest BCUT2D eigenvalue weighted by Gasteiger charge is 2.30. The van der Waals surface area contributed by atoms with Crippen molar-refractivity contribution in [3.63, 3.8) is 0 Å². The summed E-state index contributed by atoms with van der Waals surface area (Å²) >= 11 is 1.34. The molecule has 0 radical (unpaired) electrons. The van der Waals surface area contributed by atoms with Crippen molar-refractivity contribution in [3.8, 4) is 11.5 Å². The molecule has 0 saturated heterocycles. The molecule has 4 rings (SSSR count). The Kier molecular flexibility index (Phi) is 9.27. The molecule has 2 heterocycles. The number of nitrogens with zero attached hydrogens (tertiary/aromatic N) is 2. The standard InChI is InChI=1S/C22H18F3N3O2S.2ClH/c1-29-19-10-16(26-11-20(19)30-12-14-5-3-2-4-6-14)13-31-21-27-17-8-7-15(22(23,24)25)9-18(17)28-21;;/h2-11H,12-13H2,1H3,(H,27,28);2*1H. The van der Waals surface area contributed by atoms with Crippen LogP contribution in [-0.2, 0) is 18.5 Å². The Hall–Kier alpha value is -2.62. The molecule has 0 bridgehead atoms. The van der Waals surface area contributed by atoms with Gasteiger partial charge in [0.1, 0.15) is 6.61 Å². The van der Waals surface area contributed by atoms with Gasteiger partial charge in [0.15, 0.2) is 16.7 Å². The van der Waals surface area contributed by atoms with Crippen LogP contribution >= 0.6 is 36.6 Å². The predicted molar refractivity (Wildman–Crippen MR) is 127 cm³/mol. The number of hydrogen-bond donors (Lipinski definition) is 1. The lowest BCUT2D eigenvalue weighted by Crippen LogP contribution is -2.04. The Morgan fingerprint density at radius 1 is 1.00 bits per heavy atom. The Balaban J connectivity index is 0.00000193. The third-order valence-corrected chi connectivity index (χ3v) is 5.40. The van der Waals surface area contributed by atoms with E-state index in [1.54, 1.807) is 19.4 Å². The minimum atomic E-state index is -4.39. The van der Waals surface area contributed by atoms with Crippen LogP contribution in [0.3, 0.4) is 0 Å². The molecule has 0 aliphatic rings. The van der Waals surface area contributed by atoms with Crippen LogP contribution in [0.1, 0.15) is 16.8 Å². The molecule has 0 saturated carbocycles. The Morgan fingerprint density at radius 3 is 2.45 bits per heavy atom. The monoisotopic (exact) mass is 517 g/mol. The number of pyridine rings is 1. The van der Waals surface area contributed by atoms with Gasteiger partial charge in [-0.2, -0.15) is 13.2 Å². The maximum Gasteiger partial charge on any atom is 0.416 e. The van der Waals surface area contributed by atoms with E-state index in [-0.39, 0.29) is 24.8 Å². The van der Waals surface area contributed by atoms with Crippen molar-refractivity contribution >= 4 is 47.6 Å². The molecule has 0 aliphatic carbocycles. The van der Waals surface area contributed by atoms with Crippen molar-refractivity contribution in [2.24, 2.45) is 0 Å². The van der Waals surface area contributed by atoms with Crippen LogP contribution in [0, 0.1) is 0 Å². The molecule has 33 heavy (non-hydrogen) atoms. The fourth-order valence-electron chi connectivity index (χ4n) is 2.92. The number of halogens is 5. The quantitative estimate of drug-likeness (QED) is 0.276. The van der Waals surface area contributed by atoms with E-state index in [0.29, 0.717) is 40.0 Å². The number of fused-ring (bicyclic) bond motifs is 1. The lowest BCUT2D eigenvalue weighted by Gasteiger charge is -2.11. The normalized spacial score (nSPS) is 10.9. The van der Waals surface area contributed by atoms with Gasteiger partial charge in [0.25, 0.3) is 0 Å². The maximum absolute atomic E-state index is 12.9. The smallest absolute Gasteiger partial charge is 0.416 e. The molecule has 0 spiro atoms. The largest absolute Gasteiger partial charge is 0.493 e. The summed E-state index contributed by atoms with van der Waals surface area (Å²) in [6.45, 7) is 0.395. The number of H-pyrrole nitrogens is 1. The fourth-order valence-corrected chi connectivity index (χ4v) is 3.71. The van der Waals surface area contributed by atoms with Crippen molar-refractivity contribution in [1.29, 1.82) is 0 Å². The lowest BCUT2D eigenvalue weighted by molar-refractivity contribution is -0.137. The zero-order chi connectivity index (χ0) is 21.8. The number of nitrogens with one attached hydrogen (secondary N) is 1. The summed E-state index contributed by atoms with van der Waals surface area (Å²) in [4.78, 5) is 11.7. The van der Waals surface area contributed by atoms with Crippen LogP contribution in [0.4, 0.5) is 13.2 Å². The summed E-state index contributed by atoms with van der Waals surface area (Å²) in [6.07, 6.45) is -2.79. The summed E-state index contributed by atoms with van der Waals surface area (Å²) in [6, 6.07) is 15.0. The third kappa shape index (κ3) is 6.69. The Labute approximate surface area is 204 Å². The number of benzene rings is 2. The first-order valence-electron chi connectivity index (χ1n) is 9.32. The van der Waals surface area contributed by atoms with Crippen LogP contribution in [0.25, 0.3) is 11.0 Å². The van der Waals surface area contributed by atoms with Crippen LogP contribution in [-0.4, -0.2) is 22.1 Å². The fraction of sp³-hybridized carbons (Fsp3) is 0.182. The maximum atomic E-state index is 12.9. The van der Waals surface area contributed by atoms with E-state index in [4.69, 9.17) is 9.47 Å². The number of imidazole rings is 1. The lowest BCUT2D eigenvalue weighted by atomic mass is 10.2. The second kappa shape index (κ2) is 11.5. The molecule has 11 heteroatoms. The molecular weight excluding hydrogens is 498 g/mol. The van der Waals surface area contributed by atoms with E-state index in [9.17, 15) is 13.2 Å². The van der Waals surface area contributed by atoms with Crippen LogP contribution in [0.5, 0.6) is 11.5 Å². The number of alkyl halides is 3. The number of ether oxygens (including phenoxy) is 2. The minimum Gasteiger partial charge on any atom is -0.493 e. The van der Waals surface area contributed by atoms with Gasteiger partial charge in [-0.1, -0.05) is 42.1 Å². The average Bonchev–Trinajstić information content (AvgIpc) is 3.19. The highest BCUT2D eigenvalue weighted by Crippen LogP contribution is 2.33. The minimum absolute atomic E-state index is 0. The van der Waals surface area contributed by atoms with Gasteiger partial charge in [0, 0.05) is 11.8 Å². The van der Waals surface area contributed by atoms with Gasteiger partial charge in [-0.25, -0.2) is 4.98 Å². The molecule has 0 amide bonds. The van der Waals surface area contributed by atoms with E-state index >= 15 is 0 Å². The highest BCUT2D eigenvalue weighted by atomic mass is 35.5. The topological polar surface area (TPSA) is 60.0 Å². The van der Waals surface area contributed by atoms with Gasteiger partial charge in [-0.15, -0.1) is 24.8 Å². The van der Waals surface area contributed by atoms with Gasteiger partial charge in [-0.3, -0.25) is 4.98 Å². The van der Waals surface area contributed by atoms with Crippen LogP contribution < -0.4 is 9.47 Å². The molecule has 4 aromatic rings. The van der Waals surface area contributed by atoms with Gasteiger partial charge >= 0.3 is 6.18 Å². The zero-order valence-corrected chi connectivity index (χ0v) is 19.7. The summed E-state index contributed by atoms with van der Waals surface area (Å²) in [7, 11) is 1.55. The number of hydrogen-bond acceptors (Lipinski definition) is 5. The molecule has 0 fully saturated rings. The second-order valence-electron chi connectivity index (χ2n) is 6.66. The van der Waals surface area contributed by atoms with Crippen molar-refractivity contribution < 1.29 is 22.6 Å². The molecule has 1 N–H and O–H groups in total. The van der Waals surface area contributed by atoms with E-state index in [2.05, 4.69) is 15.0 Å². The van der Waals surface area contributed by atoms with Crippen molar-refractivity contribution in [2.75, 3.05) is 7.11 Å². The third-order valence-electron chi connectivity index (χ3n) is 4.49. The molecule has 176 valence electrons. The zero-order valence-electron chi connectivity index (χ0n) is 17.3. The summed E-state index contributed by atoms with van der Waals surface area (Å²) in [5, 5.41) is 0.513. The van der Waals surface area contributed by atoms with E-state index in [1.807, 2.05) is 30.3 Å². The SMILES string of the molecule is COc1cc(CSc2nc3ccc(C(F)(F)F)cc3[nH]2)ncc1OCc1ccccc1.Cl.Cl. The van der Waals surface area contributed by atoms with Gasteiger partial charge in [-0.05, 0) is 23.8 Å². The Bertz CT molecular complexity index is 1190. The van der Waals surface area contributed by atoms with Crippen LogP contribution in [0.2, 0.25) is 0 Å². The van der Waals surface area contributed by atoms with Crippen molar-refractivity contribution in [1.82, 2.24) is 15.0 Å². The highest BCUT2D eigenvalue weighted by molar-refractivity contribution is 7.98. The van der Waals surface area contributed by atoms with E-state index in [0.717, 1.165) is 23.4 Å².